The molecule has 2 aromatic rings. The summed E-state index contributed by atoms with van der Waals surface area (Å²) in [6.07, 6.45) is 3.64. The first kappa shape index (κ1) is 13.1. The molecule has 19 heavy (non-hydrogen) atoms. The largest absolute Gasteiger partial charge is 0.476 e. The molecule has 5 heteroatoms. The summed E-state index contributed by atoms with van der Waals surface area (Å²) in [5.74, 6) is 1.20. The van der Waals surface area contributed by atoms with E-state index in [1.165, 1.54) is 5.56 Å². The number of rotatable bonds is 5. The zero-order chi connectivity index (χ0) is 13.7. The van der Waals surface area contributed by atoms with E-state index in [4.69, 9.17) is 10.5 Å². The predicted octanol–water partition coefficient (Wildman–Crippen LogP) is 2.38. The molecule has 3 N–H and O–H groups in total. The van der Waals surface area contributed by atoms with Gasteiger partial charge in [0.05, 0.1) is 12.3 Å². The molecular formula is C14H18N4O. The first-order chi connectivity index (χ1) is 9.20. The van der Waals surface area contributed by atoms with Crippen LogP contribution in [-0.4, -0.2) is 16.6 Å². The summed E-state index contributed by atoms with van der Waals surface area (Å²) in [6, 6.07) is 5.61. The van der Waals surface area contributed by atoms with Crippen molar-refractivity contribution < 1.29 is 4.74 Å². The summed E-state index contributed by atoms with van der Waals surface area (Å²) in [4.78, 5) is 8.44. The van der Waals surface area contributed by atoms with Crippen LogP contribution < -0.4 is 15.8 Å². The Morgan fingerprint density at radius 2 is 2.16 bits per heavy atom. The summed E-state index contributed by atoms with van der Waals surface area (Å²) < 4.78 is 5.36. The Labute approximate surface area is 112 Å². The van der Waals surface area contributed by atoms with Crippen LogP contribution in [0, 0.1) is 6.92 Å². The standard InChI is InChI=1S/C14H18N4O/c1-3-19-14-12(15)4-5-13(18-14)17-9-11-8-16-7-6-10(11)2/h4-8H,3,9,15H2,1-2H3,(H,17,18). The second-order valence-electron chi connectivity index (χ2n) is 4.18. The topological polar surface area (TPSA) is 73.1 Å². The predicted molar refractivity (Wildman–Crippen MR) is 76.1 cm³/mol. The van der Waals surface area contributed by atoms with Crippen molar-refractivity contribution in [3.63, 3.8) is 0 Å². The lowest BCUT2D eigenvalue weighted by Crippen LogP contribution is -2.06. The summed E-state index contributed by atoms with van der Waals surface area (Å²) in [5, 5.41) is 3.24. The Morgan fingerprint density at radius 1 is 1.32 bits per heavy atom. The average molecular weight is 258 g/mol. The van der Waals surface area contributed by atoms with E-state index in [1.807, 2.05) is 25.3 Å². The Hall–Kier alpha value is -2.30. The van der Waals surface area contributed by atoms with E-state index in [1.54, 1.807) is 12.3 Å². The molecule has 0 spiro atoms. The van der Waals surface area contributed by atoms with Gasteiger partial charge in [-0.25, -0.2) is 0 Å². The number of nitrogens with zero attached hydrogens (tertiary/aromatic N) is 2. The van der Waals surface area contributed by atoms with Gasteiger partial charge in [0.15, 0.2) is 0 Å². The number of aromatic nitrogens is 2. The Morgan fingerprint density at radius 3 is 2.89 bits per heavy atom. The fraction of sp³-hybridized carbons (Fsp3) is 0.286. The number of nitrogens with two attached hydrogens (primary N) is 1. The van der Waals surface area contributed by atoms with Gasteiger partial charge in [0.1, 0.15) is 5.82 Å². The van der Waals surface area contributed by atoms with Crippen LogP contribution in [0.5, 0.6) is 5.88 Å². The smallest absolute Gasteiger partial charge is 0.239 e. The summed E-state index contributed by atoms with van der Waals surface area (Å²) in [6.45, 7) is 5.17. The van der Waals surface area contributed by atoms with Gasteiger partial charge in [0, 0.05) is 18.9 Å². The normalized spacial score (nSPS) is 10.2. The minimum atomic E-state index is 0.468. The molecule has 0 saturated carbocycles. The molecule has 2 heterocycles. The van der Waals surface area contributed by atoms with Crippen molar-refractivity contribution in [2.75, 3.05) is 17.7 Å². The van der Waals surface area contributed by atoms with Gasteiger partial charge in [0.2, 0.25) is 5.88 Å². The molecule has 0 amide bonds. The minimum absolute atomic E-state index is 0.468. The van der Waals surface area contributed by atoms with Gasteiger partial charge in [-0.05, 0) is 43.2 Å². The van der Waals surface area contributed by atoms with Crippen LogP contribution in [0.1, 0.15) is 18.1 Å². The van der Waals surface area contributed by atoms with Crippen molar-refractivity contribution in [3.8, 4) is 5.88 Å². The van der Waals surface area contributed by atoms with E-state index < -0.39 is 0 Å². The highest BCUT2D eigenvalue weighted by atomic mass is 16.5. The molecule has 5 nitrogen and oxygen atoms in total. The van der Waals surface area contributed by atoms with E-state index in [9.17, 15) is 0 Å². The number of nitrogens with one attached hydrogen (secondary N) is 1. The summed E-state index contributed by atoms with van der Waals surface area (Å²) in [7, 11) is 0. The van der Waals surface area contributed by atoms with Crippen LogP contribution in [0.3, 0.4) is 0 Å². The van der Waals surface area contributed by atoms with Crippen LogP contribution in [-0.2, 0) is 6.54 Å². The molecule has 0 bridgehead atoms. The lowest BCUT2D eigenvalue weighted by atomic mass is 10.1. The molecule has 0 atom stereocenters. The number of hydrogen-bond donors (Lipinski definition) is 2. The highest BCUT2D eigenvalue weighted by Gasteiger charge is 2.04. The van der Waals surface area contributed by atoms with Crippen LogP contribution in [0.4, 0.5) is 11.5 Å². The number of aryl methyl sites for hydroxylation is 1. The van der Waals surface area contributed by atoms with Crippen molar-refractivity contribution in [1.29, 1.82) is 0 Å². The lowest BCUT2D eigenvalue weighted by Gasteiger charge is -2.10. The van der Waals surface area contributed by atoms with Crippen molar-refractivity contribution in [1.82, 2.24) is 9.97 Å². The van der Waals surface area contributed by atoms with E-state index in [0.29, 0.717) is 24.7 Å². The van der Waals surface area contributed by atoms with Crippen molar-refractivity contribution >= 4 is 11.5 Å². The van der Waals surface area contributed by atoms with E-state index in [2.05, 4.69) is 22.2 Å². The molecule has 0 radical (unpaired) electrons. The maximum atomic E-state index is 5.78. The maximum absolute atomic E-state index is 5.78. The molecule has 0 unspecified atom stereocenters. The van der Waals surface area contributed by atoms with Crippen LogP contribution in [0.15, 0.2) is 30.6 Å². The zero-order valence-electron chi connectivity index (χ0n) is 11.2. The van der Waals surface area contributed by atoms with Gasteiger partial charge in [-0.3, -0.25) is 4.98 Å². The molecule has 0 aliphatic carbocycles. The third-order valence-corrected chi connectivity index (χ3v) is 2.78. The maximum Gasteiger partial charge on any atom is 0.239 e. The fourth-order valence-electron chi connectivity index (χ4n) is 1.67. The Kier molecular flexibility index (Phi) is 4.18. The Bertz CT molecular complexity index is 557. The molecule has 0 saturated heterocycles. The highest BCUT2D eigenvalue weighted by molar-refractivity contribution is 5.53. The molecule has 0 aliphatic heterocycles. The number of hydrogen-bond acceptors (Lipinski definition) is 5. The number of ether oxygens (including phenoxy) is 1. The molecular weight excluding hydrogens is 240 g/mol. The second kappa shape index (κ2) is 6.04. The first-order valence-corrected chi connectivity index (χ1v) is 6.23. The third kappa shape index (κ3) is 3.34. The Balaban J connectivity index is 2.07. The van der Waals surface area contributed by atoms with Gasteiger partial charge < -0.3 is 15.8 Å². The van der Waals surface area contributed by atoms with Crippen molar-refractivity contribution in [2.45, 2.75) is 20.4 Å². The highest BCUT2D eigenvalue weighted by Crippen LogP contribution is 2.21. The number of nitrogen functional groups attached to an aromatic ring is 1. The van der Waals surface area contributed by atoms with E-state index >= 15 is 0 Å². The van der Waals surface area contributed by atoms with Gasteiger partial charge in [0.25, 0.3) is 0 Å². The summed E-state index contributed by atoms with van der Waals surface area (Å²) in [5.41, 5.74) is 8.66. The molecule has 100 valence electrons. The quantitative estimate of drug-likeness (QED) is 0.861. The van der Waals surface area contributed by atoms with Crippen LogP contribution in [0.2, 0.25) is 0 Å². The van der Waals surface area contributed by atoms with Gasteiger partial charge in [-0.15, -0.1) is 0 Å². The van der Waals surface area contributed by atoms with E-state index in [0.717, 1.165) is 11.4 Å². The van der Waals surface area contributed by atoms with Gasteiger partial charge in [-0.2, -0.15) is 4.98 Å². The van der Waals surface area contributed by atoms with Crippen molar-refractivity contribution in [2.24, 2.45) is 0 Å². The molecule has 0 fully saturated rings. The molecule has 0 aliphatic rings. The molecule has 0 aromatic carbocycles. The average Bonchev–Trinajstić information content (AvgIpc) is 2.41. The van der Waals surface area contributed by atoms with Gasteiger partial charge in [-0.1, -0.05) is 0 Å². The molecule has 2 aromatic heterocycles. The number of anilines is 2. The number of pyridine rings is 2. The van der Waals surface area contributed by atoms with E-state index in [-0.39, 0.29) is 0 Å². The monoisotopic (exact) mass is 258 g/mol. The summed E-state index contributed by atoms with van der Waals surface area (Å²) >= 11 is 0. The lowest BCUT2D eigenvalue weighted by molar-refractivity contribution is 0.329. The minimum Gasteiger partial charge on any atom is -0.476 e. The first-order valence-electron chi connectivity index (χ1n) is 6.23. The second-order valence-corrected chi connectivity index (χ2v) is 4.18. The van der Waals surface area contributed by atoms with Crippen LogP contribution >= 0.6 is 0 Å². The molecule has 2 rings (SSSR count). The van der Waals surface area contributed by atoms with Crippen molar-refractivity contribution in [3.05, 3.63) is 41.7 Å². The SMILES string of the molecule is CCOc1nc(NCc2cnccc2C)ccc1N. The fourth-order valence-corrected chi connectivity index (χ4v) is 1.67. The third-order valence-electron chi connectivity index (χ3n) is 2.78. The van der Waals surface area contributed by atoms with Crippen LogP contribution in [0.25, 0.3) is 0 Å². The van der Waals surface area contributed by atoms with Gasteiger partial charge >= 0.3 is 0 Å². The zero-order valence-corrected chi connectivity index (χ0v) is 11.2.